The van der Waals surface area contributed by atoms with Gasteiger partial charge in [-0.05, 0) is 74.2 Å². The molecule has 0 unspecified atom stereocenters. The van der Waals surface area contributed by atoms with E-state index in [1.54, 1.807) is 0 Å². The van der Waals surface area contributed by atoms with Crippen LogP contribution in [0.3, 0.4) is 0 Å². The highest BCUT2D eigenvalue weighted by molar-refractivity contribution is 5.77. The number of hydrogen-bond donors (Lipinski definition) is 1. The molecule has 0 bridgehead atoms. The van der Waals surface area contributed by atoms with Crippen LogP contribution in [0.5, 0.6) is 11.5 Å². The van der Waals surface area contributed by atoms with Crippen molar-refractivity contribution in [1.29, 1.82) is 0 Å². The van der Waals surface area contributed by atoms with E-state index >= 15 is 0 Å². The minimum Gasteiger partial charge on any atom is -0.492 e. The third-order valence-corrected chi connectivity index (χ3v) is 3.45. The molecular weight excluding hydrogens is 302 g/mol. The maximum absolute atomic E-state index is 11.8. The zero-order valence-corrected chi connectivity index (χ0v) is 14.8. The van der Waals surface area contributed by atoms with Gasteiger partial charge in [0.15, 0.2) is 6.61 Å². The lowest BCUT2D eigenvalue weighted by atomic mass is 10.1. The van der Waals surface area contributed by atoms with Gasteiger partial charge in [0, 0.05) is 0 Å². The van der Waals surface area contributed by atoms with Crippen LogP contribution < -0.4 is 14.8 Å². The van der Waals surface area contributed by atoms with Gasteiger partial charge in [0.25, 0.3) is 5.91 Å². The molecule has 0 aromatic heterocycles. The minimum absolute atomic E-state index is 0.00640. The predicted octanol–water partition coefficient (Wildman–Crippen LogP) is 3.49. The molecule has 0 fully saturated rings. The molecule has 1 N–H and O–H groups in total. The van der Waals surface area contributed by atoms with E-state index in [9.17, 15) is 4.79 Å². The molecule has 0 heterocycles. The first-order valence-electron chi connectivity index (χ1n) is 8.11. The SMILES string of the molecule is Cc1cc(C)cc(OCCNC(=O)COc2cc(C)cc(C)c2)c1. The highest BCUT2D eigenvalue weighted by Gasteiger charge is 2.04. The molecule has 0 aliphatic rings. The van der Waals surface area contributed by atoms with Crippen LogP contribution in [0.2, 0.25) is 0 Å². The fraction of sp³-hybridized carbons (Fsp3) is 0.350. The molecule has 2 aromatic carbocycles. The van der Waals surface area contributed by atoms with Crippen LogP contribution in [0, 0.1) is 27.7 Å². The smallest absolute Gasteiger partial charge is 0.258 e. The van der Waals surface area contributed by atoms with Gasteiger partial charge in [-0.25, -0.2) is 0 Å². The van der Waals surface area contributed by atoms with Gasteiger partial charge in [-0.3, -0.25) is 4.79 Å². The molecule has 2 aromatic rings. The zero-order valence-electron chi connectivity index (χ0n) is 14.8. The number of benzene rings is 2. The van der Waals surface area contributed by atoms with Crippen LogP contribution in [0.4, 0.5) is 0 Å². The summed E-state index contributed by atoms with van der Waals surface area (Å²) in [5, 5.41) is 2.79. The summed E-state index contributed by atoms with van der Waals surface area (Å²) in [4.78, 5) is 11.8. The first-order chi connectivity index (χ1) is 11.4. The molecule has 0 aliphatic carbocycles. The van der Waals surface area contributed by atoms with Gasteiger partial charge in [-0.15, -0.1) is 0 Å². The second-order valence-electron chi connectivity index (χ2n) is 6.13. The van der Waals surface area contributed by atoms with Gasteiger partial charge in [0.05, 0.1) is 6.54 Å². The molecule has 24 heavy (non-hydrogen) atoms. The van der Waals surface area contributed by atoms with E-state index in [4.69, 9.17) is 9.47 Å². The van der Waals surface area contributed by atoms with Crippen molar-refractivity contribution in [3.05, 3.63) is 58.7 Å². The monoisotopic (exact) mass is 327 g/mol. The number of aryl methyl sites for hydroxylation is 4. The van der Waals surface area contributed by atoms with Crippen molar-refractivity contribution in [3.8, 4) is 11.5 Å². The molecule has 0 saturated heterocycles. The molecule has 128 valence electrons. The fourth-order valence-electron chi connectivity index (χ4n) is 2.59. The van der Waals surface area contributed by atoms with Gasteiger partial charge in [-0.2, -0.15) is 0 Å². The van der Waals surface area contributed by atoms with Crippen molar-refractivity contribution in [3.63, 3.8) is 0 Å². The van der Waals surface area contributed by atoms with E-state index in [1.165, 1.54) is 0 Å². The molecular formula is C20H25NO3. The van der Waals surface area contributed by atoms with E-state index in [0.717, 1.165) is 28.0 Å². The highest BCUT2D eigenvalue weighted by atomic mass is 16.5. The summed E-state index contributed by atoms with van der Waals surface area (Å²) in [7, 11) is 0. The molecule has 0 saturated carbocycles. The Morgan fingerprint density at radius 2 is 1.25 bits per heavy atom. The van der Waals surface area contributed by atoms with Gasteiger partial charge in [0.2, 0.25) is 0 Å². The van der Waals surface area contributed by atoms with E-state index in [1.807, 2.05) is 52.0 Å². The van der Waals surface area contributed by atoms with E-state index in [0.29, 0.717) is 18.9 Å². The van der Waals surface area contributed by atoms with Crippen LogP contribution in [-0.2, 0) is 4.79 Å². The minimum atomic E-state index is -0.154. The second-order valence-corrected chi connectivity index (χ2v) is 6.13. The van der Waals surface area contributed by atoms with E-state index in [2.05, 4.69) is 17.4 Å². The predicted molar refractivity (Wildman–Crippen MR) is 95.8 cm³/mol. The molecule has 0 radical (unpaired) electrons. The Morgan fingerprint density at radius 3 is 1.75 bits per heavy atom. The Balaban J connectivity index is 1.69. The summed E-state index contributed by atoms with van der Waals surface area (Å²) in [6.07, 6.45) is 0. The highest BCUT2D eigenvalue weighted by Crippen LogP contribution is 2.16. The quantitative estimate of drug-likeness (QED) is 0.792. The summed E-state index contributed by atoms with van der Waals surface area (Å²) in [5.74, 6) is 1.39. The maximum atomic E-state index is 11.8. The van der Waals surface area contributed by atoms with Crippen molar-refractivity contribution in [2.45, 2.75) is 27.7 Å². The topological polar surface area (TPSA) is 47.6 Å². The number of hydrogen-bond acceptors (Lipinski definition) is 3. The molecule has 0 aliphatic heterocycles. The molecule has 4 heteroatoms. The average Bonchev–Trinajstić information content (AvgIpc) is 2.48. The number of carbonyl (C=O) groups excluding carboxylic acids is 1. The fourth-order valence-corrected chi connectivity index (χ4v) is 2.59. The molecule has 2 rings (SSSR count). The van der Waals surface area contributed by atoms with Crippen molar-refractivity contribution >= 4 is 5.91 Å². The number of carbonyl (C=O) groups is 1. The van der Waals surface area contributed by atoms with Crippen molar-refractivity contribution in [2.24, 2.45) is 0 Å². The lowest BCUT2D eigenvalue weighted by Gasteiger charge is -2.10. The molecule has 1 amide bonds. The first-order valence-corrected chi connectivity index (χ1v) is 8.11. The van der Waals surface area contributed by atoms with Gasteiger partial charge < -0.3 is 14.8 Å². The van der Waals surface area contributed by atoms with Gasteiger partial charge in [0.1, 0.15) is 18.1 Å². The van der Waals surface area contributed by atoms with Crippen molar-refractivity contribution in [2.75, 3.05) is 19.8 Å². The molecule has 4 nitrogen and oxygen atoms in total. The Morgan fingerprint density at radius 1 is 0.792 bits per heavy atom. The van der Waals surface area contributed by atoms with E-state index in [-0.39, 0.29) is 12.5 Å². The largest absolute Gasteiger partial charge is 0.492 e. The summed E-state index contributed by atoms with van der Waals surface area (Å²) in [6.45, 7) is 8.96. The van der Waals surface area contributed by atoms with Gasteiger partial charge in [-0.1, -0.05) is 12.1 Å². The standard InChI is InChI=1S/C20H25NO3/c1-14-7-15(2)10-18(9-14)23-6-5-21-20(22)13-24-19-11-16(3)8-17(4)12-19/h7-12H,5-6,13H2,1-4H3,(H,21,22). The van der Waals surface area contributed by atoms with Crippen LogP contribution in [-0.4, -0.2) is 25.7 Å². The number of amides is 1. The summed E-state index contributed by atoms with van der Waals surface area (Å²) in [6, 6.07) is 12.0. The summed E-state index contributed by atoms with van der Waals surface area (Å²) < 4.78 is 11.2. The van der Waals surface area contributed by atoms with E-state index < -0.39 is 0 Å². The summed E-state index contributed by atoms with van der Waals surface area (Å²) >= 11 is 0. The van der Waals surface area contributed by atoms with Gasteiger partial charge >= 0.3 is 0 Å². The zero-order chi connectivity index (χ0) is 17.5. The third-order valence-electron chi connectivity index (χ3n) is 3.45. The average molecular weight is 327 g/mol. The molecule has 0 atom stereocenters. The Kier molecular flexibility index (Phi) is 6.24. The Labute approximate surface area is 143 Å². The number of ether oxygens (including phenoxy) is 2. The second kappa shape index (κ2) is 8.39. The summed E-state index contributed by atoms with van der Waals surface area (Å²) in [5.41, 5.74) is 4.56. The third kappa shape index (κ3) is 5.95. The van der Waals surface area contributed by atoms with Crippen LogP contribution >= 0.6 is 0 Å². The van der Waals surface area contributed by atoms with Crippen LogP contribution in [0.1, 0.15) is 22.3 Å². The lowest BCUT2D eigenvalue weighted by Crippen LogP contribution is -2.32. The number of nitrogens with one attached hydrogen (secondary N) is 1. The first kappa shape index (κ1) is 17.9. The van der Waals surface area contributed by atoms with Crippen molar-refractivity contribution in [1.82, 2.24) is 5.32 Å². The number of rotatable bonds is 7. The van der Waals surface area contributed by atoms with Crippen LogP contribution in [0.15, 0.2) is 36.4 Å². The Hall–Kier alpha value is -2.49. The maximum Gasteiger partial charge on any atom is 0.258 e. The van der Waals surface area contributed by atoms with Crippen molar-refractivity contribution < 1.29 is 14.3 Å². The Bertz CT molecular complexity index is 670. The molecule has 0 spiro atoms. The lowest BCUT2D eigenvalue weighted by molar-refractivity contribution is -0.123. The normalized spacial score (nSPS) is 10.3. The van der Waals surface area contributed by atoms with Crippen LogP contribution in [0.25, 0.3) is 0 Å².